The Labute approximate surface area is 268 Å². The second-order valence-electron chi connectivity index (χ2n) is 18.0. The number of allylic oxidation sites excluding steroid dienone is 2. The second-order valence-corrected chi connectivity index (χ2v) is 18.0. The van der Waals surface area contributed by atoms with Gasteiger partial charge in [0.2, 0.25) is 0 Å². The summed E-state index contributed by atoms with van der Waals surface area (Å²) in [6.45, 7) is 15.6. The molecule has 45 heavy (non-hydrogen) atoms. The maximum atomic E-state index is 13.0. The molecule has 1 saturated heterocycles. The molecule has 256 valence electrons. The van der Waals surface area contributed by atoms with Crippen LogP contribution < -0.4 is 0 Å². The van der Waals surface area contributed by atoms with Crippen LogP contribution in [0.1, 0.15) is 106 Å². The Morgan fingerprint density at radius 2 is 1.58 bits per heavy atom. The molecule has 9 heteroatoms. The van der Waals surface area contributed by atoms with Crippen LogP contribution in [0.25, 0.3) is 0 Å². The minimum Gasteiger partial charge on any atom is -0.481 e. The van der Waals surface area contributed by atoms with Gasteiger partial charge >= 0.3 is 5.97 Å². The van der Waals surface area contributed by atoms with Gasteiger partial charge in [0.15, 0.2) is 6.29 Å². The van der Waals surface area contributed by atoms with Crippen molar-refractivity contribution in [3.8, 4) is 0 Å². The molecule has 14 atom stereocenters. The first-order valence-corrected chi connectivity index (χ1v) is 17.4. The zero-order valence-corrected chi connectivity index (χ0v) is 28.3. The van der Waals surface area contributed by atoms with Gasteiger partial charge in [0.25, 0.3) is 0 Å². The lowest BCUT2D eigenvalue weighted by Gasteiger charge is -2.71. The van der Waals surface area contributed by atoms with Crippen molar-refractivity contribution in [3.63, 3.8) is 0 Å². The summed E-state index contributed by atoms with van der Waals surface area (Å²) in [5.41, 5.74) is -0.571. The lowest BCUT2D eigenvalue weighted by molar-refractivity contribution is -0.330. The number of rotatable bonds is 4. The van der Waals surface area contributed by atoms with Crippen LogP contribution in [-0.4, -0.2) is 86.1 Å². The van der Waals surface area contributed by atoms with Crippen LogP contribution in [0.2, 0.25) is 0 Å². The van der Waals surface area contributed by atoms with Gasteiger partial charge < -0.3 is 40.1 Å². The van der Waals surface area contributed by atoms with Crippen LogP contribution in [0.15, 0.2) is 11.6 Å². The van der Waals surface area contributed by atoms with E-state index in [1.807, 2.05) is 0 Å². The third-order valence-corrected chi connectivity index (χ3v) is 15.2. The van der Waals surface area contributed by atoms with E-state index in [4.69, 9.17) is 9.47 Å². The van der Waals surface area contributed by atoms with Gasteiger partial charge in [0, 0.05) is 0 Å². The number of fused-ring (bicyclic) bond motifs is 7. The van der Waals surface area contributed by atoms with E-state index in [-0.39, 0.29) is 39.1 Å². The fourth-order valence-electron chi connectivity index (χ4n) is 12.3. The summed E-state index contributed by atoms with van der Waals surface area (Å²) in [6.07, 6.45) is 1.79. The first kappa shape index (κ1) is 33.8. The summed E-state index contributed by atoms with van der Waals surface area (Å²) in [4.78, 5) is 13.0. The Hall–Kier alpha value is -1.07. The lowest BCUT2D eigenvalue weighted by Crippen LogP contribution is -2.68. The van der Waals surface area contributed by atoms with Gasteiger partial charge in [-0.1, -0.05) is 60.1 Å². The summed E-state index contributed by atoms with van der Waals surface area (Å²) in [7, 11) is 0. The molecule has 5 fully saturated rings. The minimum absolute atomic E-state index is 0.0210. The van der Waals surface area contributed by atoms with E-state index >= 15 is 0 Å². The van der Waals surface area contributed by atoms with Gasteiger partial charge in [0.1, 0.15) is 29.8 Å². The normalized spacial score (nSPS) is 53.6. The molecule has 0 bridgehead atoms. The predicted octanol–water partition coefficient (Wildman–Crippen LogP) is 4.03. The number of hydrogen-bond donors (Lipinski definition) is 6. The SMILES string of the molecule is CC1(C)CC[C@]2(C(=O)O)[C@H](C1)C1=CC[C@H]3[C@]4(C)CC[C@@H](O[C@H]5O[C@@H](CO)[C@H](O)[C@@H](O)[C@@H]5O)C(C)(C)[C@H]4CC[C@]3(C)[C@@]1(C)C[C@@H]2O. The van der Waals surface area contributed by atoms with Crippen molar-refractivity contribution >= 4 is 5.97 Å². The van der Waals surface area contributed by atoms with Gasteiger partial charge in [-0.25, -0.2) is 0 Å². The Bertz CT molecular complexity index is 1210. The van der Waals surface area contributed by atoms with Crippen LogP contribution >= 0.6 is 0 Å². The molecule has 6 N–H and O–H groups in total. The highest BCUT2D eigenvalue weighted by Crippen LogP contribution is 2.76. The molecule has 6 aliphatic rings. The van der Waals surface area contributed by atoms with E-state index in [9.17, 15) is 35.4 Å². The highest BCUT2D eigenvalue weighted by molar-refractivity contribution is 5.77. The Kier molecular flexibility index (Phi) is 8.05. The number of aliphatic hydroxyl groups is 5. The number of carboxylic acid groups (broad SMARTS) is 1. The number of hydrogen-bond acceptors (Lipinski definition) is 8. The summed E-state index contributed by atoms with van der Waals surface area (Å²) < 4.78 is 12.2. The minimum atomic E-state index is -1.47. The predicted molar refractivity (Wildman–Crippen MR) is 167 cm³/mol. The second kappa shape index (κ2) is 10.7. The molecule has 1 heterocycles. The highest BCUT2D eigenvalue weighted by atomic mass is 16.7. The van der Waals surface area contributed by atoms with Crippen molar-refractivity contribution in [3.05, 3.63) is 11.6 Å². The van der Waals surface area contributed by atoms with Gasteiger partial charge in [-0.3, -0.25) is 4.79 Å². The summed E-state index contributed by atoms with van der Waals surface area (Å²) in [6, 6.07) is 0. The molecule has 0 aromatic carbocycles. The molecule has 1 aliphatic heterocycles. The number of aliphatic carboxylic acids is 1. The number of carbonyl (C=O) groups is 1. The first-order chi connectivity index (χ1) is 20.8. The molecule has 0 unspecified atom stereocenters. The largest absolute Gasteiger partial charge is 0.481 e. The van der Waals surface area contributed by atoms with Crippen LogP contribution in [0.3, 0.4) is 0 Å². The molecule has 9 nitrogen and oxygen atoms in total. The Morgan fingerprint density at radius 1 is 0.889 bits per heavy atom. The van der Waals surface area contributed by atoms with Crippen molar-refractivity contribution < 1.29 is 44.9 Å². The standard InChI is InChI=1S/C36H58O9/c1-31(2)14-15-36(30(42)43)20(16-31)19-8-9-23-33(5)12-11-25(45-29-28(41)27(40)26(39)21(18-37)44-29)32(3,4)22(33)10-13-34(23,6)35(19,7)17-24(36)38/h8,20-29,37-41H,9-18H2,1-7H3,(H,42,43)/t20-,21+,22-,23+,24+,25-,26+,27-,28+,29-,33-,34+,35+,36+/m1/s1. The van der Waals surface area contributed by atoms with E-state index in [0.717, 1.165) is 44.9 Å². The van der Waals surface area contributed by atoms with Crippen molar-refractivity contribution in [2.24, 2.45) is 50.2 Å². The zero-order valence-electron chi connectivity index (χ0n) is 28.3. The van der Waals surface area contributed by atoms with E-state index in [1.54, 1.807) is 0 Å². The average molecular weight is 635 g/mol. The Balaban J connectivity index is 1.31. The molecular weight excluding hydrogens is 576 g/mol. The van der Waals surface area contributed by atoms with Gasteiger partial charge in [0.05, 0.1) is 18.8 Å². The highest BCUT2D eigenvalue weighted by Gasteiger charge is 2.71. The smallest absolute Gasteiger partial charge is 0.312 e. The van der Waals surface area contributed by atoms with E-state index in [2.05, 4.69) is 54.5 Å². The number of aliphatic hydroxyl groups excluding tert-OH is 5. The molecule has 0 amide bonds. The fourth-order valence-corrected chi connectivity index (χ4v) is 12.3. The molecule has 5 aliphatic carbocycles. The third-order valence-electron chi connectivity index (χ3n) is 15.2. The fraction of sp³-hybridized carbons (Fsp3) is 0.917. The zero-order chi connectivity index (χ0) is 33.1. The molecule has 4 saturated carbocycles. The monoisotopic (exact) mass is 634 g/mol. The first-order valence-electron chi connectivity index (χ1n) is 17.4. The molecule has 0 aromatic heterocycles. The number of ether oxygens (including phenoxy) is 2. The van der Waals surface area contributed by atoms with Crippen molar-refractivity contribution in [2.45, 2.75) is 149 Å². The van der Waals surface area contributed by atoms with Gasteiger partial charge in [-0.05, 0) is 103 Å². The molecule has 0 aromatic rings. The van der Waals surface area contributed by atoms with Crippen molar-refractivity contribution in [1.82, 2.24) is 0 Å². The van der Waals surface area contributed by atoms with Crippen LogP contribution in [0.5, 0.6) is 0 Å². The van der Waals surface area contributed by atoms with Crippen molar-refractivity contribution in [1.29, 1.82) is 0 Å². The maximum Gasteiger partial charge on any atom is 0.312 e. The molecular formula is C36H58O9. The Morgan fingerprint density at radius 3 is 2.22 bits per heavy atom. The van der Waals surface area contributed by atoms with Gasteiger partial charge in [-0.15, -0.1) is 0 Å². The van der Waals surface area contributed by atoms with E-state index in [1.165, 1.54) is 5.57 Å². The van der Waals surface area contributed by atoms with E-state index in [0.29, 0.717) is 24.7 Å². The third kappa shape index (κ3) is 4.54. The van der Waals surface area contributed by atoms with Crippen molar-refractivity contribution in [2.75, 3.05) is 6.61 Å². The summed E-state index contributed by atoms with van der Waals surface area (Å²) in [5.74, 6) is -0.382. The van der Waals surface area contributed by atoms with Crippen LogP contribution in [0.4, 0.5) is 0 Å². The quantitative estimate of drug-likeness (QED) is 0.199. The lowest BCUT2D eigenvalue weighted by atomic mass is 9.33. The average Bonchev–Trinajstić information content (AvgIpc) is 2.94. The molecule has 0 spiro atoms. The maximum absolute atomic E-state index is 13.0. The van der Waals surface area contributed by atoms with Crippen LogP contribution in [0, 0.1) is 50.2 Å². The number of carboxylic acids is 1. The summed E-state index contributed by atoms with van der Waals surface area (Å²) in [5, 5.41) is 63.5. The topological polar surface area (TPSA) is 157 Å². The van der Waals surface area contributed by atoms with Crippen LogP contribution in [-0.2, 0) is 14.3 Å². The molecule has 6 rings (SSSR count). The van der Waals surface area contributed by atoms with Gasteiger partial charge in [-0.2, -0.15) is 0 Å². The van der Waals surface area contributed by atoms with E-state index < -0.39 is 54.8 Å². The summed E-state index contributed by atoms with van der Waals surface area (Å²) >= 11 is 0. The molecule has 0 radical (unpaired) electrons.